The molecule has 1 aliphatic rings. The molecule has 0 aromatic heterocycles. The largest absolute Gasteiger partial charge is 0.356 e. The maximum atomic E-state index is 4.42. The molecule has 1 aromatic rings. The molecule has 0 amide bonds. The summed E-state index contributed by atoms with van der Waals surface area (Å²) in [5.74, 6) is 0.886. The normalized spacial score (nSPS) is 18.1. The summed E-state index contributed by atoms with van der Waals surface area (Å²) in [5.41, 5.74) is 2.79. The number of likely N-dealkylation sites (N-methyl/N-ethyl adjacent to an activating group) is 1. The van der Waals surface area contributed by atoms with Gasteiger partial charge < -0.3 is 15.5 Å². The minimum absolute atomic E-state index is 0.0476. The second-order valence-electron chi connectivity index (χ2n) is 8.56. The van der Waals surface area contributed by atoms with Crippen LogP contribution in [0.2, 0.25) is 0 Å². The monoisotopic (exact) mass is 387 g/mol. The van der Waals surface area contributed by atoms with Crippen LogP contribution in [0.1, 0.15) is 45.7 Å². The van der Waals surface area contributed by atoms with E-state index >= 15 is 0 Å². The molecule has 1 unspecified atom stereocenters. The maximum absolute atomic E-state index is 4.42. The summed E-state index contributed by atoms with van der Waals surface area (Å²) < 4.78 is 0. The van der Waals surface area contributed by atoms with Crippen LogP contribution in [0.5, 0.6) is 0 Å². The van der Waals surface area contributed by atoms with Gasteiger partial charge >= 0.3 is 0 Å². The van der Waals surface area contributed by atoms with Crippen molar-refractivity contribution in [3.63, 3.8) is 0 Å². The third-order valence-corrected chi connectivity index (χ3v) is 6.11. The van der Waals surface area contributed by atoms with E-state index in [4.69, 9.17) is 0 Å². The first-order valence-electron chi connectivity index (χ1n) is 10.9. The van der Waals surface area contributed by atoms with Gasteiger partial charge in [-0.3, -0.25) is 9.89 Å². The van der Waals surface area contributed by atoms with Crippen molar-refractivity contribution in [3.05, 3.63) is 35.4 Å². The first-order valence-corrected chi connectivity index (χ1v) is 10.9. The third-order valence-electron chi connectivity index (χ3n) is 6.11. The third kappa shape index (κ3) is 6.49. The maximum Gasteiger partial charge on any atom is 0.191 e. The first kappa shape index (κ1) is 22.7. The second kappa shape index (κ2) is 10.8. The van der Waals surface area contributed by atoms with Crippen LogP contribution in [-0.2, 0) is 11.8 Å². The topological polar surface area (TPSA) is 42.9 Å². The highest BCUT2D eigenvalue weighted by molar-refractivity contribution is 5.79. The van der Waals surface area contributed by atoms with Crippen LogP contribution in [0.15, 0.2) is 29.3 Å². The molecular formula is C23H41N5. The molecule has 28 heavy (non-hydrogen) atoms. The van der Waals surface area contributed by atoms with Crippen molar-refractivity contribution in [1.82, 2.24) is 20.4 Å². The quantitative estimate of drug-likeness (QED) is 0.532. The highest BCUT2D eigenvalue weighted by atomic mass is 15.3. The lowest BCUT2D eigenvalue weighted by Crippen LogP contribution is -2.53. The van der Waals surface area contributed by atoms with Crippen LogP contribution in [0.4, 0.5) is 0 Å². The molecule has 0 saturated carbocycles. The average Bonchev–Trinajstić information content (AvgIpc) is 2.73. The molecule has 158 valence electrons. The van der Waals surface area contributed by atoms with E-state index in [-0.39, 0.29) is 5.41 Å². The van der Waals surface area contributed by atoms with Crippen molar-refractivity contribution < 1.29 is 0 Å². The van der Waals surface area contributed by atoms with Crippen LogP contribution in [0.25, 0.3) is 0 Å². The molecule has 1 atom stereocenters. The lowest BCUT2D eigenvalue weighted by atomic mass is 9.84. The summed E-state index contributed by atoms with van der Waals surface area (Å²) in [6.07, 6.45) is 1.08. The Morgan fingerprint density at radius 1 is 1.07 bits per heavy atom. The molecule has 1 aromatic carbocycles. The minimum atomic E-state index is 0.0476. The van der Waals surface area contributed by atoms with Gasteiger partial charge in [-0.05, 0) is 31.0 Å². The summed E-state index contributed by atoms with van der Waals surface area (Å²) in [6.45, 7) is 18.9. The molecule has 1 aliphatic heterocycles. The Labute approximate surface area is 172 Å². The number of aliphatic imine (C=N–C) groups is 1. The Balaban J connectivity index is 1.80. The summed E-state index contributed by atoms with van der Waals surface area (Å²) in [5, 5.41) is 7.04. The molecule has 0 aliphatic carbocycles. The van der Waals surface area contributed by atoms with Crippen molar-refractivity contribution in [2.75, 3.05) is 52.9 Å². The van der Waals surface area contributed by atoms with Crippen LogP contribution in [-0.4, -0.2) is 74.7 Å². The summed E-state index contributed by atoms with van der Waals surface area (Å²) in [4.78, 5) is 9.52. The Morgan fingerprint density at radius 2 is 1.71 bits per heavy atom. The van der Waals surface area contributed by atoms with Crippen molar-refractivity contribution in [2.24, 2.45) is 4.99 Å². The number of hydrogen-bond donors (Lipinski definition) is 2. The van der Waals surface area contributed by atoms with Gasteiger partial charge in [-0.1, -0.05) is 52.0 Å². The zero-order chi connectivity index (χ0) is 20.6. The van der Waals surface area contributed by atoms with Gasteiger partial charge in [-0.2, -0.15) is 0 Å². The standard InChI is InChI=1S/C23H41N5/c1-7-20-9-11-21(12-10-20)23(4,5)18-26-22(24-6)25-17-19(3)28-15-13-27(8-2)14-16-28/h9-12,19H,7-8,13-18H2,1-6H3,(H2,24,25,26). The van der Waals surface area contributed by atoms with E-state index in [0.29, 0.717) is 6.04 Å². The van der Waals surface area contributed by atoms with E-state index in [1.54, 1.807) is 0 Å². The molecule has 5 nitrogen and oxygen atoms in total. The Morgan fingerprint density at radius 3 is 2.25 bits per heavy atom. The van der Waals surface area contributed by atoms with E-state index < -0.39 is 0 Å². The van der Waals surface area contributed by atoms with Crippen molar-refractivity contribution >= 4 is 5.96 Å². The number of hydrogen-bond acceptors (Lipinski definition) is 3. The fourth-order valence-corrected chi connectivity index (χ4v) is 3.71. The molecule has 5 heteroatoms. The number of guanidine groups is 1. The number of nitrogens with one attached hydrogen (secondary N) is 2. The van der Waals surface area contributed by atoms with E-state index in [1.807, 2.05) is 7.05 Å². The Kier molecular flexibility index (Phi) is 8.77. The van der Waals surface area contributed by atoms with Crippen molar-refractivity contribution in [1.29, 1.82) is 0 Å². The zero-order valence-electron chi connectivity index (χ0n) is 18.9. The number of piperazine rings is 1. The average molecular weight is 388 g/mol. The number of aryl methyl sites for hydroxylation is 1. The van der Waals surface area contributed by atoms with Crippen LogP contribution in [0, 0.1) is 0 Å². The lowest BCUT2D eigenvalue weighted by molar-refractivity contribution is 0.107. The van der Waals surface area contributed by atoms with Gasteiger partial charge in [0.05, 0.1) is 0 Å². The molecule has 0 radical (unpaired) electrons. The van der Waals surface area contributed by atoms with E-state index in [9.17, 15) is 0 Å². The van der Waals surface area contributed by atoms with Crippen LogP contribution >= 0.6 is 0 Å². The highest BCUT2D eigenvalue weighted by Crippen LogP contribution is 2.22. The fourth-order valence-electron chi connectivity index (χ4n) is 3.71. The van der Waals surface area contributed by atoms with E-state index in [0.717, 1.165) is 45.1 Å². The van der Waals surface area contributed by atoms with Crippen molar-refractivity contribution in [2.45, 2.75) is 52.5 Å². The molecule has 0 bridgehead atoms. The smallest absolute Gasteiger partial charge is 0.191 e. The molecule has 1 fully saturated rings. The van der Waals surface area contributed by atoms with Gasteiger partial charge in [0, 0.05) is 57.8 Å². The SMILES string of the molecule is CCc1ccc(C(C)(C)CNC(=NC)NCC(C)N2CCN(CC)CC2)cc1. The van der Waals surface area contributed by atoms with Gasteiger partial charge in [-0.25, -0.2) is 0 Å². The van der Waals surface area contributed by atoms with E-state index in [2.05, 4.69) is 84.3 Å². The van der Waals surface area contributed by atoms with Gasteiger partial charge in [0.1, 0.15) is 0 Å². The predicted octanol–water partition coefficient (Wildman–Crippen LogP) is 2.72. The second-order valence-corrected chi connectivity index (χ2v) is 8.56. The Hall–Kier alpha value is -1.59. The number of benzene rings is 1. The molecule has 1 heterocycles. The predicted molar refractivity (Wildman–Crippen MR) is 121 cm³/mol. The van der Waals surface area contributed by atoms with Gasteiger partial charge in [0.2, 0.25) is 0 Å². The van der Waals surface area contributed by atoms with Gasteiger partial charge in [-0.15, -0.1) is 0 Å². The molecule has 0 spiro atoms. The number of rotatable bonds is 8. The summed E-state index contributed by atoms with van der Waals surface area (Å²) in [6, 6.07) is 9.50. The first-order chi connectivity index (χ1) is 13.4. The van der Waals surface area contributed by atoms with Crippen LogP contribution < -0.4 is 10.6 Å². The van der Waals surface area contributed by atoms with E-state index in [1.165, 1.54) is 24.2 Å². The summed E-state index contributed by atoms with van der Waals surface area (Å²) >= 11 is 0. The van der Waals surface area contributed by atoms with Crippen LogP contribution in [0.3, 0.4) is 0 Å². The zero-order valence-corrected chi connectivity index (χ0v) is 18.9. The molecular weight excluding hydrogens is 346 g/mol. The Bertz CT molecular complexity index is 600. The lowest BCUT2D eigenvalue weighted by Gasteiger charge is -2.37. The highest BCUT2D eigenvalue weighted by Gasteiger charge is 2.22. The van der Waals surface area contributed by atoms with Gasteiger partial charge in [0.25, 0.3) is 0 Å². The number of nitrogens with zero attached hydrogens (tertiary/aromatic N) is 3. The minimum Gasteiger partial charge on any atom is -0.356 e. The fraction of sp³-hybridized carbons (Fsp3) is 0.696. The molecule has 1 saturated heterocycles. The van der Waals surface area contributed by atoms with Crippen molar-refractivity contribution in [3.8, 4) is 0 Å². The van der Waals surface area contributed by atoms with Gasteiger partial charge in [0.15, 0.2) is 5.96 Å². The molecule has 2 rings (SSSR count). The summed E-state index contributed by atoms with van der Waals surface area (Å²) in [7, 11) is 1.85. The molecule has 2 N–H and O–H groups in total.